The van der Waals surface area contributed by atoms with E-state index in [1.165, 1.54) is 0 Å². The second kappa shape index (κ2) is 6.57. The summed E-state index contributed by atoms with van der Waals surface area (Å²) in [6.07, 6.45) is 0.829. The third kappa shape index (κ3) is 3.88. The van der Waals surface area contributed by atoms with E-state index in [1.807, 2.05) is 26.0 Å². The van der Waals surface area contributed by atoms with Crippen molar-refractivity contribution in [2.75, 3.05) is 6.54 Å². The molecule has 2 nitrogen and oxygen atoms in total. The topological polar surface area (TPSA) is 32.3 Å². The first-order chi connectivity index (χ1) is 7.65. The summed E-state index contributed by atoms with van der Waals surface area (Å²) in [6.45, 7) is 4.69. The Kier molecular flexibility index (Phi) is 5.37. The molecule has 0 bridgehead atoms. The fourth-order valence-electron chi connectivity index (χ4n) is 1.46. The summed E-state index contributed by atoms with van der Waals surface area (Å²) in [5, 5.41) is 13.0. The summed E-state index contributed by atoms with van der Waals surface area (Å²) in [6, 6.07) is 5.58. The molecule has 0 saturated heterocycles. The summed E-state index contributed by atoms with van der Waals surface area (Å²) in [4.78, 5) is 0. The standard InChI is InChI=1S/C13H16BrNO/c1-3-4-5-8-15-10(2)12-9-11(14)6-7-13(12)16/h6-7,9-10,15-16H,5,8H2,1-2H3. The van der Waals surface area contributed by atoms with Gasteiger partial charge in [0.15, 0.2) is 0 Å². The highest BCUT2D eigenvalue weighted by atomic mass is 79.9. The van der Waals surface area contributed by atoms with Gasteiger partial charge in [-0.1, -0.05) is 15.9 Å². The van der Waals surface area contributed by atoms with Crippen LogP contribution in [0, 0.1) is 11.8 Å². The van der Waals surface area contributed by atoms with Gasteiger partial charge in [0.25, 0.3) is 0 Å². The lowest BCUT2D eigenvalue weighted by Gasteiger charge is -2.15. The molecule has 3 heteroatoms. The van der Waals surface area contributed by atoms with Crippen molar-refractivity contribution in [3.05, 3.63) is 28.2 Å². The first-order valence-electron chi connectivity index (χ1n) is 5.26. The van der Waals surface area contributed by atoms with Crippen LogP contribution in [-0.4, -0.2) is 11.7 Å². The smallest absolute Gasteiger partial charge is 0.120 e. The Bertz CT molecular complexity index is 406. The summed E-state index contributed by atoms with van der Waals surface area (Å²) in [7, 11) is 0. The minimum Gasteiger partial charge on any atom is -0.508 e. The van der Waals surface area contributed by atoms with E-state index < -0.39 is 0 Å². The van der Waals surface area contributed by atoms with E-state index in [0.717, 1.165) is 23.0 Å². The molecular weight excluding hydrogens is 266 g/mol. The molecule has 0 amide bonds. The van der Waals surface area contributed by atoms with E-state index in [1.54, 1.807) is 6.07 Å². The largest absolute Gasteiger partial charge is 0.508 e. The Hall–Kier alpha value is -0.980. The lowest BCUT2D eigenvalue weighted by atomic mass is 10.1. The van der Waals surface area contributed by atoms with Crippen molar-refractivity contribution < 1.29 is 5.11 Å². The zero-order valence-electron chi connectivity index (χ0n) is 9.55. The minimum atomic E-state index is 0.121. The normalized spacial score (nSPS) is 11.7. The van der Waals surface area contributed by atoms with Gasteiger partial charge in [-0.25, -0.2) is 0 Å². The molecule has 0 aromatic heterocycles. The Morgan fingerprint density at radius 3 is 2.94 bits per heavy atom. The highest BCUT2D eigenvalue weighted by Crippen LogP contribution is 2.27. The molecule has 16 heavy (non-hydrogen) atoms. The summed E-state index contributed by atoms with van der Waals surface area (Å²) in [5.74, 6) is 6.18. The van der Waals surface area contributed by atoms with Crippen LogP contribution in [0.2, 0.25) is 0 Å². The van der Waals surface area contributed by atoms with Crippen molar-refractivity contribution in [2.45, 2.75) is 26.3 Å². The average molecular weight is 282 g/mol. The van der Waals surface area contributed by atoms with Crippen molar-refractivity contribution in [3.8, 4) is 17.6 Å². The second-order valence-corrected chi connectivity index (χ2v) is 4.47. The molecule has 0 heterocycles. The van der Waals surface area contributed by atoms with Gasteiger partial charge in [0.05, 0.1) is 0 Å². The molecule has 86 valence electrons. The number of hydrogen-bond donors (Lipinski definition) is 2. The molecule has 1 aromatic rings. The van der Waals surface area contributed by atoms with Gasteiger partial charge in [-0.05, 0) is 32.0 Å². The molecule has 0 aliphatic heterocycles. The predicted octanol–water partition coefficient (Wildman–Crippen LogP) is 3.22. The molecule has 1 atom stereocenters. The molecule has 1 rings (SSSR count). The third-order valence-electron chi connectivity index (χ3n) is 2.33. The number of aromatic hydroxyl groups is 1. The fourth-order valence-corrected chi connectivity index (χ4v) is 1.84. The van der Waals surface area contributed by atoms with Crippen molar-refractivity contribution in [3.63, 3.8) is 0 Å². The van der Waals surface area contributed by atoms with Crippen LogP contribution in [0.1, 0.15) is 31.9 Å². The van der Waals surface area contributed by atoms with Crippen molar-refractivity contribution in [1.82, 2.24) is 5.32 Å². The first kappa shape index (κ1) is 13.1. The van der Waals surface area contributed by atoms with Crippen LogP contribution in [0.25, 0.3) is 0 Å². The third-order valence-corrected chi connectivity index (χ3v) is 2.83. The number of phenolic OH excluding ortho intramolecular Hbond substituents is 1. The first-order valence-corrected chi connectivity index (χ1v) is 6.06. The Balaban J connectivity index is 2.60. The second-order valence-electron chi connectivity index (χ2n) is 3.56. The number of hydrogen-bond acceptors (Lipinski definition) is 2. The van der Waals surface area contributed by atoms with Crippen LogP contribution in [0.3, 0.4) is 0 Å². The van der Waals surface area contributed by atoms with E-state index >= 15 is 0 Å². The van der Waals surface area contributed by atoms with Crippen LogP contribution >= 0.6 is 15.9 Å². The Morgan fingerprint density at radius 1 is 1.50 bits per heavy atom. The van der Waals surface area contributed by atoms with Gasteiger partial charge in [-0.3, -0.25) is 0 Å². The lowest BCUT2D eigenvalue weighted by Crippen LogP contribution is -2.19. The summed E-state index contributed by atoms with van der Waals surface area (Å²) in [5.41, 5.74) is 0.902. The van der Waals surface area contributed by atoms with Crippen molar-refractivity contribution in [1.29, 1.82) is 0 Å². The average Bonchev–Trinajstić information content (AvgIpc) is 2.27. The fraction of sp³-hybridized carbons (Fsp3) is 0.385. The van der Waals surface area contributed by atoms with Crippen LogP contribution in [0.5, 0.6) is 5.75 Å². The van der Waals surface area contributed by atoms with Crippen LogP contribution in [0.15, 0.2) is 22.7 Å². The van der Waals surface area contributed by atoms with E-state index in [4.69, 9.17) is 0 Å². The molecular formula is C13H16BrNO. The molecule has 2 N–H and O–H groups in total. The van der Waals surface area contributed by atoms with Gasteiger partial charge in [0.1, 0.15) is 5.75 Å². The maximum atomic E-state index is 9.72. The molecule has 0 spiro atoms. The van der Waals surface area contributed by atoms with Gasteiger partial charge in [-0.15, -0.1) is 11.8 Å². The molecule has 0 radical (unpaired) electrons. The highest BCUT2D eigenvalue weighted by molar-refractivity contribution is 9.10. The zero-order valence-corrected chi connectivity index (χ0v) is 11.1. The number of phenols is 1. The van der Waals surface area contributed by atoms with Crippen LogP contribution in [0.4, 0.5) is 0 Å². The monoisotopic (exact) mass is 281 g/mol. The SMILES string of the molecule is CC#CCCNC(C)c1cc(Br)ccc1O. The quantitative estimate of drug-likeness (QED) is 0.656. The van der Waals surface area contributed by atoms with E-state index in [-0.39, 0.29) is 6.04 Å². The molecule has 0 aliphatic carbocycles. The van der Waals surface area contributed by atoms with Gasteiger partial charge in [-0.2, -0.15) is 0 Å². The van der Waals surface area contributed by atoms with Crippen molar-refractivity contribution >= 4 is 15.9 Å². The van der Waals surface area contributed by atoms with E-state index in [2.05, 4.69) is 33.1 Å². The molecule has 1 aromatic carbocycles. The molecule has 0 fully saturated rings. The van der Waals surface area contributed by atoms with Crippen LogP contribution in [-0.2, 0) is 0 Å². The molecule has 0 aliphatic rings. The van der Waals surface area contributed by atoms with Crippen LogP contribution < -0.4 is 5.32 Å². The number of halogens is 1. The van der Waals surface area contributed by atoms with E-state index in [9.17, 15) is 5.11 Å². The zero-order chi connectivity index (χ0) is 12.0. The predicted molar refractivity (Wildman–Crippen MR) is 70.3 cm³/mol. The van der Waals surface area contributed by atoms with Gasteiger partial charge in [0.2, 0.25) is 0 Å². The number of nitrogens with one attached hydrogen (secondary N) is 1. The van der Waals surface area contributed by atoms with Gasteiger partial charge in [0, 0.05) is 29.0 Å². The Labute approximate surface area is 105 Å². The maximum absolute atomic E-state index is 9.72. The lowest BCUT2D eigenvalue weighted by molar-refractivity contribution is 0.453. The molecule has 1 unspecified atom stereocenters. The minimum absolute atomic E-state index is 0.121. The van der Waals surface area contributed by atoms with E-state index in [0.29, 0.717) is 5.75 Å². The highest BCUT2D eigenvalue weighted by Gasteiger charge is 2.09. The number of rotatable bonds is 4. The summed E-state index contributed by atoms with van der Waals surface area (Å²) < 4.78 is 0.974. The number of benzene rings is 1. The van der Waals surface area contributed by atoms with Crippen molar-refractivity contribution in [2.24, 2.45) is 0 Å². The summed E-state index contributed by atoms with van der Waals surface area (Å²) >= 11 is 3.40. The van der Waals surface area contributed by atoms with Gasteiger partial charge >= 0.3 is 0 Å². The maximum Gasteiger partial charge on any atom is 0.120 e. The molecule has 0 saturated carbocycles. The Morgan fingerprint density at radius 2 is 2.25 bits per heavy atom. The van der Waals surface area contributed by atoms with Gasteiger partial charge < -0.3 is 10.4 Å².